The Morgan fingerprint density at radius 3 is 2.53 bits per heavy atom. The molecule has 2 bridgehead atoms. The summed E-state index contributed by atoms with van der Waals surface area (Å²) in [6, 6.07) is 24.6. The molecule has 2 aliphatic heterocycles. The van der Waals surface area contributed by atoms with Gasteiger partial charge in [0.05, 0.1) is 6.61 Å². The average molecular weight is 492 g/mol. The van der Waals surface area contributed by atoms with Gasteiger partial charge in [0.25, 0.3) is 5.79 Å². The molecule has 3 aromatic carbocycles. The lowest BCUT2D eigenvalue weighted by molar-refractivity contribution is -0.176. The molecule has 1 saturated heterocycles. The van der Waals surface area contributed by atoms with E-state index < -0.39 is 24.0 Å². The maximum Gasteiger partial charge on any atom is 0.336 e. The maximum atomic E-state index is 13.3. The van der Waals surface area contributed by atoms with Crippen molar-refractivity contribution in [3.05, 3.63) is 101 Å². The molecule has 0 N–H and O–H groups in total. The Bertz CT molecular complexity index is 1150. The first kappa shape index (κ1) is 20.8. The SMILES string of the molecule is CCOC(=O)[C@@H]1N(c2ccc(Br)cc2)[C@H]2O[C@]1(/C=C/c1ccccc1)Oc1ccccc12. The molecule has 2 heterocycles. The third-order valence-corrected chi connectivity index (χ3v) is 6.13. The van der Waals surface area contributed by atoms with Crippen molar-refractivity contribution in [3.8, 4) is 5.75 Å². The largest absolute Gasteiger partial charge is 0.464 e. The second kappa shape index (κ2) is 8.45. The first-order chi connectivity index (χ1) is 15.6. The lowest BCUT2D eigenvalue weighted by Gasteiger charge is -2.33. The van der Waals surface area contributed by atoms with Gasteiger partial charge in [-0.05, 0) is 48.9 Å². The van der Waals surface area contributed by atoms with Crippen LogP contribution in [0, 0.1) is 0 Å². The number of carbonyl (C=O) groups is 1. The van der Waals surface area contributed by atoms with E-state index in [1.165, 1.54) is 0 Å². The zero-order valence-electron chi connectivity index (χ0n) is 17.5. The lowest BCUT2D eigenvalue weighted by Crippen LogP contribution is -2.53. The Morgan fingerprint density at radius 2 is 1.78 bits per heavy atom. The third-order valence-electron chi connectivity index (χ3n) is 5.60. The molecule has 0 spiro atoms. The number of anilines is 1. The number of halogens is 1. The molecular formula is C26H22BrNO4. The van der Waals surface area contributed by atoms with Crippen LogP contribution in [0.2, 0.25) is 0 Å². The summed E-state index contributed by atoms with van der Waals surface area (Å²) in [6.45, 7) is 2.06. The van der Waals surface area contributed by atoms with E-state index in [1.54, 1.807) is 6.92 Å². The molecular weight excluding hydrogens is 470 g/mol. The molecule has 6 heteroatoms. The van der Waals surface area contributed by atoms with Gasteiger partial charge in [0, 0.05) is 15.7 Å². The Balaban J connectivity index is 1.67. The molecule has 0 aromatic heterocycles. The Morgan fingerprint density at radius 1 is 1.06 bits per heavy atom. The van der Waals surface area contributed by atoms with Crippen LogP contribution in [-0.4, -0.2) is 24.4 Å². The molecule has 3 atom stereocenters. The normalized spacial score (nSPS) is 23.6. The van der Waals surface area contributed by atoms with Crippen LogP contribution in [0.15, 0.2) is 89.4 Å². The smallest absolute Gasteiger partial charge is 0.336 e. The number of rotatable bonds is 5. The van der Waals surface area contributed by atoms with Crippen LogP contribution in [0.1, 0.15) is 24.3 Å². The van der Waals surface area contributed by atoms with E-state index in [0.717, 1.165) is 21.3 Å². The van der Waals surface area contributed by atoms with Gasteiger partial charge in [0.2, 0.25) is 0 Å². The molecule has 32 heavy (non-hydrogen) atoms. The number of nitrogens with zero attached hydrogens (tertiary/aromatic N) is 1. The predicted molar refractivity (Wildman–Crippen MR) is 126 cm³/mol. The van der Waals surface area contributed by atoms with Crippen LogP contribution < -0.4 is 9.64 Å². The van der Waals surface area contributed by atoms with Crippen molar-refractivity contribution in [2.45, 2.75) is 25.0 Å². The second-order valence-electron chi connectivity index (χ2n) is 7.61. The maximum absolute atomic E-state index is 13.3. The van der Waals surface area contributed by atoms with E-state index in [2.05, 4.69) is 15.9 Å². The van der Waals surface area contributed by atoms with Gasteiger partial charge in [-0.15, -0.1) is 0 Å². The molecule has 5 rings (SSSR count). The molecule has 2 aliphatic rings. The highest BCUT2D eigenvalue weighted by Crippen LogP contribution is 2.52. The van der Waals surface area contributed by atoms with Crippen LogP contribution in [0.3, 0.4) is 0 Å². The second-order valence-corrected chi connectivity index (χ2v) is 8.53. The summed E-state index contributed by atoms with van der Waals surface area (Å²) >= 11 is 3.49. The van der Waals surface area contributed by atoms with E-state index in [-0.39, 0.29) is 6.61 Å². The first-order valence-electron chi connectivity index (χ1n) is 10.5. The minimum atomic E-state index is -1.34. The fraction of sp³-hybridized carbons (Fsp3) is 0.192. The number of esters is 1. The van der Waals surface area contributed by atoms with Gasteiger partial charge in [-0.1, -0.05) is 70.5 Å². The van der Waals surface area contributed by atoms with E-state index in [1.807, 2.05) is 95.9 Å². The average Bonchev–Trinajstić information content (AvgIpc) is 3.09. The van der Waals surface area contributed by atoms with E-state index in [9.17, 15) is 4.79 Å². The highest BCUT2D eigenvalue weighted by atomic mass is 79.9. The summed E-state index contributed by atoms with van der Waals surface area (Å²) in [4.78, 5) is 15.3. The summed E-state index contributed by atoms with van der Waals surface area (Å²) in [5.41, 5.74) is 2.69. The minimum absolute atomic E-state index is 0.263. The number of hydrogen-bond donors (Lipinski definition) is 0. The van der Waals surface area contributed by atoms with Gasteiger partial charge in [-0.25, -0.2) is 4.79 Å². The monoisotopic (exact) mass is 491 g/mol. The Hall–Kier alpha value is -3.09. The Kier molecular flexibility index (Phi) is 5.49. The molecule has 0 saturated carbocycles. The topological polar surface area (TPSA) is 48.0 Å². The van der Waals surface area contributed by atoms with Crippen LogP contribution in [0.25, 0.3) is 6.08 Å². The van der Waals surface area contributed by atoms with Crippen LogP contribution >= 0.6 is 15.9 Å². The quantitative estimate of drug-likeness (QED) is 0.427. The van der Waals surface area contributed by atoms with Crippen molar-refractivity contribution in [3.63, 3.8) is 0 Å². The van der Waals surface area contributed by atoms with Crippen molar-refractivity contribution in [2.75, 3.05) is 11.5 Å². The standard InChI is InChI=1S/C26H22BrNO4/c1-2-30-25(29)23-26(17-16-18-8-4-3-5-9-18)31-22-11-7-6-10-21(22)24(32-26)28(23)20-14-12-19(27)13-15-20/h3-17,23-24H,2H2,1H3/b17-16+/t23-,24-,26-/m0/s1. The van der Waals surface area contributed by atoms with Gasteiger partial charge in [-0.3, -0.25) is 0 Å². The molecule has 5 nitrogen and oxygen atoms in total. The fourth-order valence-electron chi connectivity index (χ4n) is 4.21. The summed E-state index contributed by atoms with van der Waals surface area (Å²) in [5, 5.41) is 0. The van der Waals surface area contributed by atoms with Gasteiger partial charge in [-0.2, -0.15) is 0 Å². The van der Waals surface area contributed by atoms with Crippen LogP contribution in [0.4, 0.5) is 5.69 Å². The van der Waals surface area contributed by atoms with Crippen molar-refractivity contribution in [1.29, 1.82) is 0 Å². The Labute approximate surface area is 195 Å². The molecule has 1 fully saturated rings. The number of hydrogen-bond acceptors (Lipinski definition) is 5. The van der Waals surface area contributed by atoms with E-state index in [4.69, 9.17) is 14.2 Å². The van der Waals surface area contributed by atoms with Crippen molar-refractivity contribution < 1.29 is 19.0 Å². The highest BCUT2D eigenvalue weighted by molar-refractivity contribution is 9.10. The summed E-state index contributed by atoms with van der Waals surface area (Å²) in [6.07, 6.45) is 3.24. The zero-order chi connectivity index (χ0) is 22.1. The summed E-state index contributed by atoms with van der Waals surface area (Å²) < 4.78 is 19.4. The minimum Gasteiger partial charge on any atom is -0.464 e. The molecule has 0 unspecified atom stereocenters. The molecule has 3 aromatic rings. The molecule has 0 radical (unpaired) electrons. The van der Waals surface area contributed by atoms with Gasteiger partial charge in [0.15, 0.2) is 12.3 Å². The van der Waals surface area contributed by atoms with E-state index in [0.29, 0.717) is 5.75 Å². The first-order valence-corrected chi connectivity index (χ1v) is 11.3. The zero-order valence-corrected chi connectivity index (χ0v) is 19.1. The lowest BCUT2D eigenvalue weighted by atomic mass is 10.0. The summed E-state index contributed by atoms with van der Waals surface area (Å²) in [7, 11) is 0. The van der Waals surface area contributed by atoms with Gasteiger partial charge < -0.3 is 19.1 Å². The number of para-hydroxylation sites is 1. The molecule has 0 aliphatic carbocycles. The highest BCUT2D eigenvalue weighted by Gasteiger charge is 2.62. The number of ether oxygens (including phenoxy) is 3. The van der Waals surface area contributed by atoms with Gasteiger partial charge >= 0.3 is 5.97 Å². The summed E-state index contributed by atoms with van der Waals surface area (Å²) in [5.74, 6) is -1.05. The number of carbonyl (C=O) groups excluding carboxylic acids is 1. The van der Waals surface area contributed by atoms with Crippen molar-refractivity contribution in [2.24, 2.45) is 0 Å². The van der Waals surface area contributed by atoms with E-state index >= 15 is 0 Å². The van der Waals surface area contributed by atoms with Gasteiger partial charge in [0.1, 0.15) is 5.75 Å². The van der Waals surface area contributed by atoms with Crippen LogP contribution in [0.5, 0.6) is 5.75 Å². The molecule has 0 amide bonds. The fourth-order valence-corrected chi connectivity index (χ4v) is 4.47. The number of benzene rings is 3. The molecule has 162 valence electrons. The van der Waals surface area contributed by atoms with Crippen LogP contribution in [-0.2, 0) is 14.3 Å². The predicted octanol–water partition coefficient (Wildman–Crippen LogP) is 5.72. The van der Waals surface area contributed by atoms with Crippen molar-refractivity contribution in [1.82, 2.24) is 0 Å². The third kappa shape index (κ3) is 3.59. The van der Waals surface area contributed by atoms with Crippen molar-refractivity contribution >= 4 is 33.7 Å². The number of fused-ring (bicyclic) bond motifs is 4.